The lowest BCUT2D eigenvalue weighted by molar-refractivity contribution is -0.117. The first kappa shape index (κ1) is 20.8. The minimum absolute atomic E-state index is 0.149. The quantitative estimate of drug-likeness (QED) is 0.617. The van der Waals surface area contributed by atoms with E-state index in [0.29, 0.717) is 18.8 Å². The van der Waals surface area contributed by atoms with Crippen molar-refractivity contribution in [3.8, 4) is 0 Å². The Labute approximate surface area is 171 Å². The van der Waals surface area contributed by atoms with Crippen molar-refractivity contribution in [3.05, 3.63) is 96.1 Å². The van der Waals surface area contributed by atoms with Gasteiger partial charge in [0.05, 0.1) is 11.4 Å². The van der Waals surface area contributed by atoms with Gasteiger partial charge in [-0.15, -0.1) is 0 Å². The van der Waals surface area contributed by atoms with Crippen LogP contribution in [0.2, 0.25) is 0 Å². The van der Waals surface area contributed by atoms with Crippen molar-refractivity contribution in [2.24, 2.45) is 0 Å². The lowest BCUT2D eigenvalue weighted by atomic mass is 10.1. The molecular weight excluding hydrogens is 384 g/mol. The van der Waals surface area contributed by atoms with Gasteiger partial charge in [-0.25, -0.2) is 8.42 Å². The van der Waals surface area contributed by atoms with Gasteiger partial charge in [-0.1, -0.05) is 60.7 Å². The number of anilines is 1. The molecule has 3 aromatic rings. The van der Waals surface area contributed by atoms with Gasteiger partial charge in [0.25, 0.3) is 0 Å². The summed E-state index contributed by atoms with van der Waals surface area (Å²) in [5, 5.41) is 2.85. The Morgan fingerprint density at radius 3 is 1.72 bits per heavy atom. The number of sulfone groups is 1. The van der Waals surface area contributed by atoms with Crippen LogP contribution in [-0.2, 0) is 27.7 Å². The fourth-order valence-corrected chi connectivity index (χ4v) is 3.67. The van der Waals surface area contributed by atoms with E-state index in [1.165, 1.54) is 12.1 Å². The summed E-state index contributed by atoms with van der Waals surface area (Å²) < 4.78 is 23.1. The molecular formula is C23H24N2O3S. The van der Waals surface area contributed by atoms with Crippen molar-refractivity contribution in [2.45, 2.75) is 18.0 Å². The number of benzene rings is 3. The molecule has 3 aromatic carbocycles. The Balaban J connectivity index is 1.68. The minimum Gasteiger partial charge on any atom is -0.325 e. The molecule has 0 atom stereocenters. The van der Waals surface area contributed by atoms with E-state index in [-0.39, 0.29) is 17.3 Å². The number of hydrogen-bond acceptors (Lipinski definition) is 4. The molecule has 1 amide bonds. The molecule has 0 aliphatic carbocycles. The predicted molar refractivity (Wildman–Crippen MR) is 115 cm³/mol. The molecule has 0 aromatic heterocycles. The lowest BCUT2D eigenvalue weighted by Crippen LogP contribution is -2.32. The zero-order chi connectivity index (χ0) is 20.7. The van der Waals surface area contributed by atoms with E-state index in [2.05, 4.69) is 10.2 Å². The zero-order valence-electron chi connectivity index (χ0n) is 16.3. The fraction of sp³-hybridized carbons (Fsp3) is 0.174. The van der Waals surface area contributed by atoms with Crippen LogP contribution in [0, 0.1) is 0 Å². The summed E-state index contributed by atoms with van der Waals surface area (Å²) >= 11 is 0. The van der Waals surface area contributed by atoms with E-state index in [9.17, 15) is 13.2 Å². The van der Waals surface area contributed by atoms with E-state index in [4.69, 9.17) is 0 Å². The Morgan fingerprint density at radius 1 is 0.793 bits per heavy atom. The Morgan fingerprint density at radius 2 is 1.28 bits per heavy atom. The van der Waals surface area contributed by atoms with Crippen molar-refractivity contribution in [3.63, 3.8) is 0 Å². The second-order valence-electron chi connectivity index (χ2n) is 6.96. The number of nitrogens with one attached hydrogen (secondary N) is 1. The van der Waals surface area contributed by atoms with Gasteiger partial charge < -0.3 is 5.32 Å². The number of hydrogen-bond donors (Lipinski definition) is 1. The molecule has 0 saturated heterocycles. The molecule has 150 valence electrons. The molecule has 0 spiro atoms. The van der Waals surface area contributed by atoms with Gasteiger partial charge in [-0.3, -0.25) is 9.69 Å². The monoisotopic (exact) mass is 408 g/mol. The highest BCUT2D eigenvalue weighted by Gasteiger charge is 2.13. The molecule has 0 bridgehead atoms. The largest absolute Gasteiger partial charge is 0.325 e. The summed E-state index contributed by atoms with van der Waals surface area (Å²) in [6.07, 6.45) is 1.16. The Bertz CT molecular complexity index is 993. The van der Waals surface area contributed by atoms with E-state index in [1.54, 1.807) is 12.1 Å². The van der Waals surface area contributed by atoms with Crippen LogP contribution in [0.15, 0.2) is 89.8 Å². The SMILES string of the molecule is CS(=O)(=O)c1ccc(NC(=O)CN(Cc2ccccc2)Cc2ccccc2)cc1. The van der Waals surface area contributed by atoms with Crippen molar-refractivity contribution >= 4 is 21.4 Å². The van der Waals surface area contributed by atoms with E-state index < -0.39 is 9.84 Å². The topological polar surface area (TPSA) is 66.5 Å². The number of rotatable bonds is 8. The second-order valence-corrected chi connectivity index (χ2v) is 8.98. The standard InChI is InChI=1S/C23H24N2O3S/c1-29(27,28)22-14-12-21(13-15-22)24-23(26)18-25(16-19-8-4-2-5-9-19)17-20-10-6-3-7-11-20/h2-15H,16-18H2,1H3,(H,24,26). The van der Waals surface area contributed by atoms with Crippen LogP contribution >= 0.6 is 0 Å². The average Bonchev–Trinajstić information content (AvgIpc) is 2.69. The molecule has 5 nitrogen and oxygen atoms in total. The van der Waals surface area contributed by atoms with Gasteiger partial charge in [-0.05, 0) is 35.4 Å². The van der Waals surface area contributed by atoms with Gasteiger partial charge in [0, 0.05) is 25.0 Å². The molecule has 0 fully saturated rings. The molecule has 1 N–H and O–H groups in total. The van der Waals surface area contributed by atoms with Gasteiger partial charge in [0.15, 0.2) is 9.84 Å². The van der Waals surface area contributed by atoms with Crippen molar-refractivity contribution in [2.75, 3.05) is 18.1 Å². The fourth-order valence-electron chi connectivity index (χ4n) is 3.04. The van der Waals surface area contributed by atoms with Crippen LogP contribution in [0.5, 0.6) is 0 Å². The zero-order valence-corrected chi connectivity index (χ0v) is 17.1. The first-order chi connectivity index (χ1) is 13.9. The van der Waals surface area contributed by atoms with Gasteiger partial charge in [0.2, 0.25) is 5.91 Å². The van der Waals surface area contributed by atoms with Crippen LogP contribution in [0.1, 0.15) is 11.1 Å². The summed E-state index contributed by atoms with van der Waals surface area (Å²) in [5.41, 5.74) is 2.84. The van der Waals surface area contributed by atoms with Crippen molar-refractivity contribution in [1.82, 2.24) is 4.90 Å². The summed E-state index contributed by atoms with van der Waals surface area (Å²) in [5.74, 6) is -0.149. The summed E-state index contributed by atoms with van der Waals surface area (Å²) in [4.78, 5) is 14.9. The van der Waals surface area contributed by atoms with E-state index >= 15 is 0 Å². The summed E-state index contributed by atoms with van der Waals surface area (Å²) in [6, 6.07) is 26.3. The highest BCUT2D eigenvalue weighted by atomic mass is 32.2. The number of carbonyl (C=O) groups excluding carboxylic acids is 1. The second kappa shape index (κ2) is 9.49. The van der Waals surface area contributed by atoms with Crippen LogP contribution in [0.4, 0.5) is 5.69 Å². The molecule has 0 radical (unpaired) electrons. The van der Waals surface area contributed by atoms with Crippen LogP contribution < -0.4 is 5.32 Å². The molecule has 0 aliphatic rings. The van der Waals surface area contributed by atoms with Crippen LogP contribution in [0.3, 0.4) is 0 Å². The van der Waals surface area contributed by atoms with Crippen molar-refractivity contribution < 1.29 is 13.2 Å². The Kier molecular flexibility index (Phi) is 6.80. The van der Waals surface area contributed by atoms with Crippen molar-refractivity contribution in [1.29, 1.82) is 0 Å². The number of carbonyl (C=O) groups is 1. The smallest absolute Gasteiger partial charge is 0.238 e. The molecule has 0 saturated carbocycles. The molecule has 6 heteroatoms. The van der Waals surface area contributed by atoms with Crippen LogP contribution in [0.25, 0.3) is 0 Å². The maximum atomic E-state index is 12.6. The third-order valence-electron chi connectivity index (χ3n) is 4.43. The highest BCUT2D eigenvalue weighted by molar-refractivity contribution is 7.90. The highest BCUT2D eigenvalue weighted by Crippen LogP contribution is 2.15. The molecule has 0 aliphatic heterocycles. The van der Waals surface area contributed by atoms with E-state index in [0.717, 1.165) is 17.4 Å². The first-order valence-electron chi connectivity index (χ1n) is 9.30. The lowest BCUT2D eigenvalue weighted by Gasteiger charge is -2.22. The van der Waals surface area contributed by atoms with Gasteiger partial charge in [-0.2, -0.15) is 0 Å². The summed E-state index contributed by atoms with van der Waals surface area (Å²) in [6.45, 7) is 1.52. The molecule has 3 rings (SSSR count). The van der Waals surface area contributed by atoms with E-state index in [1.807, 2.05) is 60.7 Å². The minimum atomic E-state index is -3.26. The molecule has 29 heavy (non-hydrogen) atoms. The van der Waals surface area contributed by atoms with Crippen LogP contribution in [-0.4, -0.2) is 32.0 Å². The number of nitrogens with zero attached hydrogens (tertiary/aromatic N) is 1. The first-order valence-corrected chi connectivity index (χ1v) is 11.2. The maximum absolute atomic E-state index is 12.6. The van der Waals surface area contributed by atoms with Gasteiger partial charge in [0.1, 0.15) is 0 Å². The predicted octanol–water partition coefficient (Wildman–Crippen LogP) is 3.73. The third-order valence-corrected chi connectivity index (χ3v) is 5.56. The molecule has 0 unspecified atom stereocenters. The maximum Gasteiger partial charge on any atom is 0.238 e. The third kappa shape index (κ3) is 6.55. The average molecular weight is 409 g/mol. The van der Waals surface area contributed by atoms with Gasteiger partial charge >= 0.3 is 0 Å². The molecule has 0 heterocycles. The Hall–Kier alpha value is -2.96. The number of amides is 1. The summed E-state index contributed by atoms with van der Waals surface area (Å²) in [7, 11) is -3.26. The normalized spacial score (nSPS) is 11.4.